The van der Waals surface area contributed by atoms with E-state index in [1.807, 2.05) is 33.9 Å². The van der Waals surface area contributed by atoms with Crippen molar-refractivity contribution in [3.8, 4) is 0 Å². The molecule has 312 valence electrons. The minimum atomic E-state index is -4.61. The van der Waals surface area contributed by atoms with Gasteiger partial charge >= 0.3 is 0 Å². The second kappa shape index (κ2) is 15.4. The number of imidazole rings is 2. The van der Waals surface area contributed by atoms with Gasteiger partial charge in [-0.05, 0) is 18.1 Å². The third-order valence-corrected chi connectivity index (χ3v) is 17.8. The molecule has 4 aromatic heterocycles. The molecule has 0 aliphatic carbocycles. The monoisotopic (exact) mass is 890 g/mol. The Morgan fingerprint density at radius 2 is 1.72 bits per heavy atom. The predicted octanol–water partition coefficient (Wildman–Crippen LogP) is 2.72. The molecule has 0 aromatic carbocycles. The quantitative estimate of drug-likeness (QED) is 0.143. The average molecular weight is 891 g/mol. The van der Waals surface area contributed by atoms with Gasteiger partial charge in [0, 0.05) is 5.92 Å². The van der Waals surface area contributed by atoms with Crippen LogP contribution in [0.15, 0.2) is 23.8 Å². The standard InChI is InChI=1S/C30H43FN10O11P2S2Si/c1-13(2)25(42)38-29-37-24-18(26(43)39-29)36-12-41(24)28-21-20(52-57(6,7)30(3,4)5)15(49-28)9-47-53(44,55)50-19-14(8-46-54(45,56)51-21)48-27(16(19)31)40-11-35-17-22(32)33-10-34-23(17)40/h10-16,19-21,27-28H,8-9H2,1-7H3,(H,44,55)(H,45,56)(H2,32,33,34)(H2,37,38,39,42,43)/p-2/t14-,15-,16?,19+,20+,21?,27-,28-,53?,54?/m1/s1. The Labute approximate surface area is 336 Å². The number of carbonyl (C=O) groups excluding carboxylic acids is 1. The normalized spacial score (nSPS) is 32.9. The van der Waals surface area contributed by atoms with Gasteiger partial charge in [-0.1, -0.05) is 46.4 Å². The highest BCUT2D eigenvalue weighted by molar-refractivity contribution is 8.32. The molecule has 7 rings (SSSR count). The van der Waals surface area contributed by atoms with Crippen LogP contribution in [-0.4, -0.2) is 103 Å². The fourth-order valence-electron chi connectivity index (χ4n) is 6.19. The van der Waals surface area contributed by atoms with Crippen molar-refractivity contribution in [1.82, 2.24) is 39.0 Å². The summed E-state index contributed by atoms with van der Waals surface area (Å²) in [6.45, 7) is 2.75. The Kier molecular flexibility index (Phi) is 11.4. The van der Waals surface area contributed by atoms with Crippen molar-refractivity contribution in [3.63, 3.8) is 0 Å². The van der Waals surface area contributed by atoms with Crippen molar-refractivity contribution in [2.45, 2.75) is 102 Å². The maximum absolute atomic E-state index is 16.4. The fourth-order valence-corrected chi connectivity index (χ4v) is 10.3. The van der Waals surface area contributed by atoms with Gasteiger partial charge in [0.05, 0.1) is 25.9 Å². The third-order valence-electron chi connectivity index (χ3n) is 10.2. The Hall–Kier alpha value is -2.77. The summed E-state index contributed by atoms with van der Waals surface area (Å²) in [7, 11) is -2.76. The molecule has 4 aromatic rings. The smallest absolute Gasteiger partial charge is 0.280 e. The van der Waals surface area contributed by atoms with Gasteiger partial charge in [-0.3, -0.25) is 33.6 Å². The van der Waals surface area contributed by atoms with Crippen LogP contribution in [0.25, 0.3) is 22.3 Å². The number of aromatic amines is 1. The molecule has 3 saturated heterocycles. The van der Waals surface area contributed by atoms with E-state index >= 15 is 4.39 Å². The molecule has 10 atom stereocenters. The van der Waals surface area contributed by atoms with Gasteiger partial charge in [-0.15, -0.1) is 0 Å². The van der Waals surface area contributed by atoms with Crippen LogP contribution in [0.5, 0.6) is 0 Å². The molecule has 4 N–H and O–H groups in total. The SMILES string of the molecule is CC(C)C(=O)Nc1nc2c(ncn2[C@@H]2O[C@@H]3COP([O-])(=S)O[C@@H]4C(F)[C@H](n5cnc6c(N)ncnc65)O[C@@H]4COP(=O)([S-])OC2[C@H]3O[Si](C)(C)C(C)(C)C)c(=O)[nH]1. The second-order valence-electron chi connectivity index (χ2n) is 15.5. The van der Waals surface area contributed by atoms with E-state index in [9.17, 15) is 19.0 Å². The predicted molar refractivity (Wildman–Crippen MR) is 207 cm³/mol. The number of nitrogens with two attached hydrogens (primary N) is 1. The lowest BCUT2D eigenvalue weighted by molar-refractivity contribution is -0.216. The van der Waals surface area contributed by atoms with Gasteiger partial charge in [0.1, 0.15) is 49.1 Å². The van der Waals surface area contributed by atoms with Crippen LogP contribution in [-0.2, 0) is 65.4 Å². The van der Waals surface area contributed by atoms with Crippen molar-refractivity contribution in [1.29, 1.82) is 0 Å². The van der Waals surface area contributed by atoms with Crippen molar-refractivity contribution in [2.75, 3.05) is 24.3 Å². The molecule has 4 unspecified atom stereocenters. The zero-order valence-corrected chi connectivity index (χ0v) is 36.1. The lowest BCUT2D eigenvalue weighted by Gasteiger charge is -2.41. The summed E-state index contributed by atoms with van der Waals surface area (Å²) in [6.07, 6.45) is -8.09. The number of carbonyl (C=O) groups is 1. The molecule has 3 aliphatic heterocycles. The molecule has 3 aliphatic rings. The van der Waals surface area contributed by atoms with E-state index in [1.54, 1.807) is 13.8 Å². The highest BCUT2D eigenvalue weighted by Gasteiger charge is 2.54. The third kappa shape index (κ3) is 8.36. The Balaban J connectivity index is 1.27. The molecule has 0 spiro atoms. The topological polar surface area (TPSA) is 267 Å². The van der Waals surface area contributed by atoms with E-state index < -0.39 is 102 Å². The minimum absolute atomic E-state index is 0.0394. The molecule has 0 saturated carbocycles. The molecule has 7 heterocycles. The summed E-state index contributed by atoms with van der Waals surface area (Å²) in [4.78, 5) is 62.9. The number of hydrogen-bond donors (Lipinski definition) is 3. The Morgan fingerprint density at radius 1 is 1.07 bits per heavy atom. The van der Waals surface area contributed by atoms with Crippen LogP contribution in [0.4, 0.5) is 16.2 Å². The first-order chi connectivity index (χ1) is 26.6. The number of ether oxygens (including phenoxy) is 2. The lowest BCUT2D eigenvalue weighted by Crippen LogP contribution is -2.50. The number of aromatic nitrogens is 8. The summed E-state index contributed by atoms with van der Waals surface area (Å²) in [5.41, 5.74) is 5.36. The molecule has 0 radical (unpaired) electrons. The number of hydrogen-bond acceptors (Lipinski definition) is 19. The number of nitrogen functional groups attached to an aromatic ring is 1. The van der Waals surface area contributed by atoms with Crippen LogP contribution in [0, 0.1) is 5.92 Å². The van der Waals surface area contributed by atoms with E-state index in [0.717, 1.165) is 6.33 Å². The second-order valence-corrected chi connectivity index (χ2v) is 25.7. The number of amides is 1. The van der Waals surface area contributed by atoms with Crippen molar-refractivity contribution < 1.29 is 50.6 Å². The van der Waals surface area contributed by atoms with E-state index in [2.05, 4.69) is 35.2 Å². The van der Waals surface area contributed by atoms with Crippen LogP contribution < -0.4 is 21.5 Å². The maximum atomic E-state index is 16.4. The molecule has 1 amide bonds. The summed E-state index contributed by atoms with van der Waals surface area (Å²) in [5.74, 6) is -0.989. The van der Waals surface area contributed by atoms with Crippen LogP contribution in [0.1, 0.15) is 47.1 Å². The Morgan fingerprint density at radius 3 is 2.40 bits per heavy atom. The highest BCUT2D eigenvalue weighted by atomic mass is 32.7. The summed E-state index contributed by atoms with van der Waals surface area (Å²) >= 11 is 10.7. The van der Waals surface area contributed by atoms with Gasteiger partial charge in [-0.25, -0.2) is 24.3 Å². The van der Waals surface area contributed by atoms with Crippen molar-refractivity contribution in [3.05, 3.63) is 29.3 Å². The summed E-state index contributed by atoms with van der Waals surface area (Å²) in [5, 5.41) is 2.18. The molecule has 27 heteroatoms. The molecule has 2 bridgehead atoms. The number of nitrogens with one attached hydrogen (secondary N) is 2. The first kappa shape index (κ1) is 42.4. The van der Waals surface area contributed by atoms with Gasteiger partial charge in [0.2, 0.25) is 18.7 Å². The highest BCUT2D eigenvalue weighted by Crippen LogP contribution is 2.55. The number of nitrogens with zero attached hydrogens (tertiary/aromatic N) is 7. The minimum Gasteiger partial charge on any atom is -0.780 e. The summed E-state index contributed by atoms with van der Waals surface area (Å²) in [6, 6.07) is 0. The van der Waals surface area contributed by atoms with Crippen molar-refractivity contribution in [2.24, 2.45) is 5.92 Å². The van der Waals surface area contributed by atoms with Crippen LogP contribution in [0.2, 0.25) is 18.1 Å². The molecule has 57 heavy (non-hydrogen) atoms. The number of H-pyrrole nitrogens is 1. The summed E-state index contributed by atoms with van der Waals surface area (Å²) < 4.78 is 75.7. The zero-order valence-electron chi connectivity index (χ0n) is 31.6. The molecule has 21 nitrogen and oxygen atoms in total. The first-order valence-electron chi connectivity index (χ1n) is 17.7. The average Bonchev–Trinajstić information content (AvgIpc) is 3.87. The maximum Gasteiger partial charge on any atom is 0.280 e. The molecular formula is C30H41FN10O11P2S2Si-2. The Bertz CT molecular complexity index is 2350. The fraction of sp³-hybridized carbons (Fsp3) is 0.633. The van der Waals surface area contributed by atoms with Crippen LogP contribution >= 0.6 is 13.5 Å². The van der Waals surface area contributed by atoms with E-state index in [0.29, 0.717) is 0 Å². The van der Waals surface area contributed by atoms with Gasteiger partial charge in [0.25, 0.3) is 5.56 Å². The largest absolute Gasteiger partial charge is 0.780 e. The number of rotatable bonds is 6. The van der Waals surface area contributed by atoms with E-state index in [1.165, 1.54) is 21.8 Å². The van der Waals surface area contributed by atoms with Gasteiger partial charge in [0.15, 0.2) is 49.6 Å². The first-order valence-corrected chi connectivity index (χ1v) is 25.7. The van der Waals surface area contributed by atoms with Crippen molar-refractivity contribution >= 4 is 85.9 Å². The number of halogens is 1. The zero-order chi connectivity index (χ0) is 41.4. The van der Waals surface area contributed by atoms with E-state index in [4.69, 9.17) is 61.8 Å². The van der Waals surface area contributed by atoms with Crippen LogP contribution in [0.3, 0.4) is 0 Å². The molecule has 3 fully saturated rings. The number of anilines is 2. The van der Waals surface area contributed by atoms with Gasteiger partial charge in [-0.2, -0.15) is 4.98 Å². The number of alkyl halides is 1. The number of fused-ring (bicyclic) bond motifs is 5. The lowest BCUT2D eigenvalue weighted by atomic mass is 10.1. The molecular weight excluding hydrogens is 850 g/mol. The van der Waals surface area contributed by atoms with E-state index in [-0.39, 0.29) is 39.1 Å². The van der Waals surface area contributed by atoms with Gasteiger partial charge < -0.3 is 54.9 Å².